The second kappa shape index (κ2) is 4.07. The Morgan fingerprint density at radius 3 is 2.78 bits per heavy atom. The molecular weight excluding hydrogens is 226 g/mol. The fraction of sp³-hybridized carbons (Fsp3) is 0.0714. The van der Waals surface area contributed by atoms with Crippen LogP contribution in [0.5, 0.6) is 0 Å². The zero-order valence-corrected chi connectivity index (χ0v) is 9.87. The average Bonchev–Trinajstić information content (AvgIpc) is 2.84. The Labute approximate surface area is 104 Å². The Balaban J connectivity index is 2.06. The molecule has 4 heteroatoms. The van der Waals surface area contributed by atoms with Gasteiger partial charge in [0.1, 0.15) is 5.69 Å². The number of pyridine rings is 1. The lowest BCUT2D eigenvalue weighted by molar-refractivity contribution is 0.103. The lowest BCUT2D eigenvalue weighted by atomic mass is 10.1. The Morgan fingerprint density at radius 1 is 1.17 bits per heavy atom. The standard InChI is InChI=1S/C14H11N3O/c1-17-9-11(8-15-17)14(18)13-7-6-10-4-2-3-5-12(10)16-13/h2-9H,1H3. The monoisotopic (exact) mass is 237 g/mol. The van der Waals surface area contributed by atoms with E-state index in [4.69, 9.17) is 0 Å². The van der Waals surface area contributed by atoms with Crippen molar-refractivity contribution >= 4 is 16.7 Å². The molecule has 18 heavy (non-hydrogen) atoms. The summed E-state index contributed by atoms with van der Waals surface area (Å²) in [6, 6.07) is 11.4. The predicted octanol–water partition coefficient (Wildman–Crippen LogP) is 2.20. The van der Waals surface area contributed by atoms with E-state index in [2.05, 4.69) is 10.1 Å². The summed E-state index contributed by atoms with van der Waals surface area (Å²) < 4.78 is 1.61. The second-order valence-electron chi connectivity index (χ2n) is 4.12. The molecule has 2 heterocycles. The van der Waals surface area contributed by atoms with E-state index in [1.54, 1.807) is 30.2 Å². The van der Waals surface area contributed by atoms with Gasteiger partial charge in [-0.3, -0.25) is 9.48 Å². The van der Waals surface area contributed by atoms with Crippen LogP contribution in [0.1, 0.15) is 16.1 Å². The third-order valence-corrected chi connectivity index (χ3v) is 2.80. The molecule has 3 aromatic rings. The van der Waals surface area contributed by atoms with E-state index in [0.717, 1.165) is 10.9 Å². The molecule has 4 nitrogen and oxygen atoms in total. The van der Waals surface area contributed by atoms with Crippen molar-refractivity contribution in [2.24, 2.45) is 7.05 Å². The quantitative estimate of drug-likeness (QED) is 0.642. The Bertz CT molecular complexity index is 730. The maximum atomic E-state index is 12.2. The average molecular weight is 237 g/mol. The molecule has 0 radical (unpaired) electrons. The molecule has 0 spiro atoms. The van der Waals surface area contributed by atoms with Gasteiger partial charge in [-0.2, -0.15) is 5.10 Å². The largest absolute Gasteiger partial charge is 0.287 e. The lowest BCUT2D eigenvalue weighted by Gasteiger charge is -2.00. The van der Waals surface area contributed by atoms with Gasteiger partial charge in [0.15, 0.2) is 0 Å². The van der Waals surface area contributed by atoms with Gasteiger partial charge >= 0.3 is 0 Å². The van der Waals surface area contributed by atoms with E-state index in [9.17, 15) is 4.79 Å². The van der Waals surface area contributed by atoms with E-state index in [0.29, 0.717) is 11.3 Å². The van der Waals surface area contributed by atoms with Crippen LogP contribution in [-0.4, -0.2) is 20.5 Å². The summed E-state index contributed by atoms with van der Waals surface area (Å²) in [5, 5.41) is 5.02. The van der Waals surface area contributed by atoms with E-state index in [1.807, 2.05) is 30.3 Å². The van der Waals surface area contributed by atoms with Gasteiger partial charge < -0.3 is 0 Å². The van der Waals surface area contributed by atoms with Crippen molar-refractivity contribution in [1.29, 1.82) is 0 Å². The second-order valence-corrected chi connectivity index (χ2v) is 4.12. The normalized spacial score (nSPS) is 10.7. The number of carbonyl (C=O) groups excluding carboxylic acids is 1. The van der Waals surface area contributed by atoms with Crippen LogP contribution < -0.4 is 0 Å². The molecular formula is C14H11N3O. The highest BCUT2D eigenvalue weighted by atomic mass is 16.1. The molecule has 0 atom stereocenters. The van der Waals surface area contributed by atoms with E-state index < -0.39 is 0 Å². The molecule has 0 aliphatic carbocycles. The molecule has 0 aliphatic rings. The minimum absolute atomic E-state index is 0.103. The molecule has 88 valence electrons. The van der Waals surface area contributed by atoms with Crippen molar-refractivity contribution in [2.75, 3.05) is 0 Å². The maximum absolute atomic E-state index is 12.2. The van der Waals surface area contributed by atoms with E-state index in [-0.39, 0.29) is 5.78 Å². The van der Waals surface area contributed by atoms with Crippen LogP contribution in [0.2, 0.25) is 0 Å². The number of aromatic nitrogens is 3. The van der Waals surface area contributed by atoms with Gasteiger partial charge in [0.05, 0.1) is 17.3 Å². The Morgan fingerprint density at radius 2 is 2.00 bits per heavy atom. The smallest absolute Gasteiger partial charge is 0.214 e. The zero-order valence-electron chi connectivity index (χ0n) is 9.87. The summed E-state index contributed by atoms with van der Waals surface area (Å²) >= 11 is 0. The first-order valence-corrected chi connectivity index (χ1v) is 5.63. The van der Waals surface area contributed by atoms with E-state index in [1.165, 1.54) is 0 Å². The number of aryl methyl sites for hydroxylation is 1. The van der Waals surface area contributed by atoms with Crippen LogP contribution in [0.3, 0.4) is 0 Å². The summed E-state index contributed by atoms with van der Waals surface area (Å²) in [5.74, 6) is -0.103. The van der Waals surface area contributed by atoms with Crippen molar-refractivity contribution in [2.45, 2.75) is 0 Å². The van der Waals surface area contributed by atoms with Gasteiger partial charge in [0, 0.05) is 18.6 Å². The highest BCUT2D eigenvalue weighted by molar-refractivity contribution is 6.08. The molecule has 1 aromatic carbocycles. The summed E-state index contributed by atoms with van der Waals surface area (Å²) in [4.78, 5) is 16.6. The summed E-state index contributed by atoms with van der Waals surface area (Å²) in [6.45, 7) is 0. The third-order valence-electron chi connectivity index (χ3n) is 2.80. The molecule has 2 aromatic heterocycles. The van der Waals surface area contributed by atoms with Gasteiger partial charge in [0.25, 0.3) is 0 Å². The number of hydrogen-bond donors (Lipinski definition) is 0. The Hall–Kier alpha value is -2.49. The third kappa shape index (κ3) is 1.78. The van der Waals surface area contributed by atoms with Crippen molar-refractivity contribution in [3.63, 3.8) is 0 Å². The first kappa shape index (κ1) is 10.7. The number of ketones is 1. The number of rotatable bonds is 2. The van der Waals surface area contributed by atoms with Crippen LogP contribution in [0.4, 0.5) is 0 Å². The number of carbonyl (C=O) groups is 1. The molecule has 0 N–H and O–H groups in total. The molecule has 0 amide bonds. The molecule has 0 unspecified atom stereocenters. The fourth-order valence-electron chi connectivity index (χ4n) is 1.88. The predicted molar refractivity (Wildman–Crippen MR) is 68.4 cm³/mol. The molecule has 0 fully saturated rings. The minimum atomic E-state index is -0.103. The number of benzene rings is 1. The van der Waals surface area contributed by atoms with Gasteiger partial charge in [-0.25, -0.2) is 4.98 Å². The van der Waals surface area contributed by atoms with Crippen LogP contribution in [-0.2, 0) is 7.05 Å². The first-order valence-electron chi connectivity index (χ1n) is 5.63. The van der Waals surface area contributed by atoms with Crippen molar-refractivity contribution in [3.8, 4) is 0 Å². The number of nitrogens with zero attached hydrogens (tertiary/aromatic N) is 3. The van der Waals surface area contributed by atoms with Gasteiger partial charge in [0.2, 0.25) is 5.78 Å². The minimum Gasteiger partial charge on any atom is -0.287 e. The van der Waals surface area contributed by atoms with Crippen LogP contribution in [0.25, 0.3) is 10.9 Å². The van der Waals surface area contributed by atoms with Gasteiger partial charge in [-0.15, -0.1) is 0 Å². The van der Waals surface area contributed by atoms with Crippen LogP contribution in [0, 0.1) is 0 Å². The summed E-state index contributed by atoms with van der Waals surface area (Å²) in [7, 11) is 1.78. The van der Waals surface area contributed by atoms with Crippen molar-refractivity contribution in [3.05, 3.63) is 60.0 Å². The number of para-hydroxylation sites is 1. The fourth-order valence-corrected chi connectivity index (χ4v) is 1.88. The molecule has 3 rings (SSSR count). The van der Waals surface area contributed by atoms with E-state index >= 15 is 0 Å². The number of fused-ring (bicyclic) bond motifs is 1. The molecule has 0 saturated carbocycles. The van der Waals surface area contributed by atoms with Crippen LogP contribution >= 0.6 is 0 Å². The van der Waals surface area contributed by atoms with Crippen molar-refractivity contribution < 1.29 is 4.79 Å². The zero-order chi connectivity index (χ0) is 12.5. The first-order chi connectivity index (χ1) is 8.74. The SMILES string of the molecule is Cn1cc(C(=O)c2ccc3ccccc3n2)cn1. The van der Waals surface area contributed by atoms with Crippen molar-refractivity contribution in [1.82, 2.24) is 14.8 Å². The summed E-state index contributed by atoms with van der Waals surface area (Å²) in [6.07, 6.45) is 3.25. The summed E-state index contributed by atoms with van der Waals surface area (Å²) in [5.41, 5.74) is 1.83. The highest BCUT2D eigenvalue weighted by Crippen LogP contribution is 2.14. The van der Waals surface area contributed by atoms with Crippen LogP contribution in [0.15, 0.2) is 48.8 Å². The Kier molecular flexibility index (Phi) is 2.41. The molecule has 0 saturated heterocycles. The molecule has 0 aliphatic heterocycles. The highest BCUT2D eigenvalue weighted by Gasteiger charge is 2.12. The van der Waals surface area contributed by atoms with Gasteiger partial charge in [-0.1, -0.05) is 24.3 Å². The topological polar surface area (TPSA) is 47.8 Å². The molecule has 0 bridgehead atoms. The lowest BCUT2D eigenvalue weighted by Crippen LogP contribution is -2.03. The maximum Gasteiger partial charge on any atom is 0.214 e. The van der Waals surface area contributed by atoms with Gasteiger partial charge in [-0.05, 0) is 12.1 Å². The number of hydrogen-bond acceptors (Lipinski definition) is 3.